The number of halogens is 1. The van der Waals surface area contributed by atoms with Crippen molar-refractivity contribution in [2.24, 2.45) is 0 Å². The lowest BCUT2D eigenvalue weighted by atomic mass is 10.2. The van der Waals surface area contributed by atoms with Crippen molar-refractivity contribution < 1.29 is 4.74 Å². The molecule has 0 saturated carbocycles. The molecule has 1 aliphatic heterocycles. The van der Waals surface area contributed by atoms with E-state index in [1.54, 1.807) is 7.11 Å². The summed E-state index contributed by atoms with van der Waals surface area (Å²) in [4.78, 5) is 8.94. The maximum absolute atomic E-state index is 5.94. The Bertz CT molecular complexity index is 654. The minimum atomic E-state index is 0.550. The Kier molecular flexibility index (Phi) is 4.39. The fourth-order valence-corrected chi connectivity index (χ4v) is 3.14. The number of pyridine rings is 1. The van der Waals surface area contributed by atoms with Crippen LogP contribution in [-0.2, 0) is 0 Å². The molecule has 4 nitrogen and oxygen atoms in total. The number of aryl methyl sites for hydroxylation is 1. The molecule has 5 heteroatoms. The molecule has 1 saturated heterocycles. The number of anilines is 2. The summed E-state index contributed by atoms with van der Waals surface area (Å²) < 4.78 is 5.46. The van der Waals surface area contributed by atoms with Gasteiger partial charge in [0.05, 0.1) is 24.7 Å². The number of aromatic nitrogens is 1. The fourth-order valence-electron chi connectivity index (χ4n) is 2.92. The van der Waals surface area contributed by atoms with Crippen LogP contribution in [0.1, 0.15) is 5.56 Å². The summed E-state index contributed by atoms with van der Waals surface area (Å²) in [5, 5.41) is 0.550. The Labute approximate surface area is 136 Å². The van der Waals surface area contributed by atoms with Crippen LogP contribution in [0.5, 0.6) is 5.75 Å². The molecule has 3 rings (SSSR count). The second-order valence-corrected chi connectivity index (χ2v) is 5.83. The zero-order valence-corrected chi connectivity index (χ0v) is 13.7. The summed E-state index contributed by atoms with van der Waals surface area (Å²) in [7, 11) is 1.72. The average molecular weight is 318 g/mol. The molecule has 1 aromatic heterocycles. The van der Waals surface area contributed by atoms with Crippen molar-refractivity contribution in [1.82, 2.24) is 4.98 Å². The minimum Gasteiger partial charge on any atom is -0.495 e. The third kappa shape index (κ3) is 2.97. The van der Waals surface area contributed by atoms with Crippen molar-refractivity contribution in [2.45, 2.75) is 6.92 Å². The van der Waals surface area contributed by atoms with Crippen LogP contribution < -0.4 is 14.5 Å². The lowest BCUT2D eigenvalue weighted by Crippen LogP contribution is -2.46. The van der Waals surface area contributed by atoms with E-state index in [0.29, 0.717) is 5.15 Å². The number of ether oxygens (including phenoxy) is 1. The number of rotatable bonds is 3. The molecular formula is C17H20ClN3O. The van der Waals surface area contributed by atoms with Crippen molar-refractivity contribution >= 4 is 23.0 Å². The highest BCUT2D eigenvalue weighted by molar-refractivity contribution is 6.29. The van der Waals surface area contributed by atoms with E-state index in [1.165, 1.54) is 11.3 Å². The van der Waals surface area contributed by atoms with Crippen LogP contribution in [0.4, 0.5) is 11.4 Å². The maximum Gasteiger partial charge on any atom is 0.142 e. The summed E-state index contributed by atoms with van der Waals surface area (Å²) in [5.41, 5.74) is 3.51. The van der Waals surface area contributed by atoms with E-state index in [0.717, 1.165) is 37.6 Å². The molecular weight excluding hydrogens is 298 g/mol. The van der Waals surface area contributed by atoms with Crippen molar-refractivity contribution in [3.05, 3.63) is 47.2 Å². The summed E-state index contributed by atoms with van der Waals surface area (Å²) >= 11 is 5.94. The van der Waals surface area contributed by atoms with E-state index in [9.17, 15) is 0 Å². The summed E-state index contributed by atoms with van der Waals surface area (Å²) in [5.74, 6) is 0.931. The SMILES string of the molecule is COc1ccccc1N1CCN(c2cnc(Cl)cc2C)CC1. The maximum atomic E-state index is 5.94. The number of piperazine rings is 1. The van der Waals surface area contributed by atoms with Crippen molar-refractivity contribution in [3.8, 4) is 5.75 Å². The molecule has 0 N–H and O–H groups in total. The van der Waals surface area contributed by atoms with Gasteiger partial charge in [-0.15, -0.1) is 0 Å². The average Bonchev–Trinajstić information content (AvgIpc) is 2.55. The Balaban J connectivity index is 1.72. The van der Waals surface area contributed by atoms with Gasteiger partial charge in [0.1, 0.15) is 10.9 Å². The minimum absolute atomic E-state index is 0.550. The molecule has 0 bridgehead atoms. The number of hydrogen-bond acceptors (Lipinski definition) is 4. The second-order valence-electron chi connectivity index (χ2n) is 5.44. The molecule has 2 aromatic rings. The molecule has 0 radical (unpaired) electrons. The van der Waals surface area contributed by atoms with E-state index in [1.807, 2.05) is 24.4 Å². The molecule has 1 aromatic carbocycles. The van der Waals surface area contributed by atoms with Gasteiger partial charge in [0, 0.05) is 26.2 Å². The molecule has 22 heavy (non-hydrogen) atoms. The highest BCUT2D eigenvalue weighted by atomic mass is 35.5. The van der Waals surface area contributed by atoms with Crippen LogP contribution >= 0.6 is 11.6 Å². The molecule has 1 aliphatic rings. The zero-order valence-electron chi connectivity index (χ0n) is 12.9. The molecule has 0 amide bonds. The zero-order chi connectivity index (χ0) is 15.5. The lowest BCUT2D eigenvalue weighted by molar-refractivity contribution is 0.413. The van der Waals surface area contributed by atoms with Crippen LogP contribution in [0.3, 0.4) is 0 Å². The first-order valence-corrected chi connectivity index (χ1v) is 7.82. The molecule has 0 atom stereocenters. The van der Waals surface area contributed by atoms with Gasteiger partial charge in [-0.25, -0.2) is 4.98 Å². The number of methoxy groups -OCH3 is 1. The van der Waals surface area contributed by atoms with Gasteiger partial charge in [-0.05, 0) is 30.7 Å². The molecule has 116 valence electrons. The molecule has 1 fully saturated rings. The number of hydrogen-bond donors (Lipinski definition) is 0. The van der Waals surface area contributed by atoms with E-state index >= 15 is 0 Å². The third-order valence-electron chi connectivity index (χ3n) is 4.10. The van der Waals surface area contributed by atoms with Crippen molar-refractivity contribution in [2.75, 3.05) is 43.1 Å². The molecule has 2 heterocycles. The lowest BCUT2D eigenvalue weighted by Gasteiger charge is -2.38. The Morgan fingerprint density at radius 1 is 1.05 bits per heavy atom. The highest BCUT2D eigenvalue weighted by Crippen LogP contribution is 2.30. The number of nitrogens with zero attached hydrogens (tertiary/aromatic N) is 3. The second kappa shape index (κ2) is 6.44. The molecule has 0 spiro atoms. The fraction of sp³-hybridized carbons (Fsp3) is 0.353. The standard InChI is InChI=1S/C17H20ClN3O/c1-13-11-17(18)19-12-15(13)21-9-7-20(8-10-21)14-5-3-4-6-16(14)22-2/h3-6,11-12H,7-10H2,1-2H3. The first kappa shape index (κ1) is 15.0. The van der Waals surface area contributed by atoms with Crippen molar-refractivity contribution in [1.29, 1.82) is 0 Å². The van der Waals surface area contributed by atoms with E-state index in [4.69, 9.17) is 16.3 Å². The van der Waals surface area contributed by atoms with E-state index in [-0.39, 0.29) is 0 Å². The first-order valence-electron chi connectivity index (χ1n) is 7.44. The van der Waals surface area contributed by atoms with Crippen LogP contribution in [0.2, 0.25) is 5.15 Å². The molecule has 0 unspecified atom stereocenters. The Morgan fingerprint density at radius 3 is 2.32 bits per heavy atom. The number of para-hydroxylation sites is 2. The topological polar surface area (TPSA) is 28.6 Å². The predicted octanol–water partition coefficient (Wildman–Crippen LogP) is 3.38. The summed E-state index contributed by atoms with van der Waals surface area (Å²) in [6.07, 6.45) is 1.87. The largest absolute Gasteiger partial charge is 0.495 e. The van der Waals surface area contributed by atoms with E-state index < -0.39 is 0 Å². The third-order valence-corrected chi connectivity index (χ3v) is 4.30. The van der Waals surface area contributed by atoms with Crippen LogP contribution in [0, 0.1) is 6.92 Å². The van der Waals surface area contributed by atoms with Crippen LogP contribution in [0.15, 0.2) is 36.5 Å². The monoisotopic (exact) mass is 317 g/mol. The smallest absolute Gasteiger partial charge is 0.142 e. The Hall–Kier alpha value is -1.94. The Morgan fingerprint density at radius 2 is 1.68 bits per heavy atom. The van der Waals surface area contributed by atoms with Gasteiger partial charge < -0.3 is 14.5 Å². The predicted molar refractivity (Wildman–Crippen MR) is 91.4 cm³/mol. The van der Waals surface area contributed by atoms with Gasteiger partial charge in [-0.1, -0.05) is 23.7 Å². The van der Waals surface area contributed by atoms with Gasteiger partial charge >= 0.3 is 0 Å². The highest BCUT2D eigenvalue weighted by Gasteiger charge is 2.20. The molecule has 0 aliphatic carbocycles. The normalized spacial score (nSPS) is 15.0. The van der Waals surface area contributed by atoms with Crippen LogP contribution in [0.25, 0.3) is 0 Å². The van der Waals surface area contributed by atoms with Gasteiger partial charge in [0.15, 0.2) is 0 Å². The van der Waals surface area contributed by atoms with Crippen molar-refractivity contribution in [3.63, 3.8) is 0 Å². The van der Waals surface area contributed by atoms with E-state index in [2.05, 4.69) is 33.8 Å². The summed E-state index contributed by atoms with van der Waals surface area (Å²) in [6, 6.07) is 10.1. The first-order chi connectivity index (χ1) is 10.7. The van der Waals surface area contributed by atoms with Gasteiger partial charge in [0.2, 0.25) is 0 Å². The van der Waals surface area contributed by atoms with Gasteiger partial charge in [-0.2, -0.15) is 0 Å². The number of benzene rings is 1. The quantitative estimate of drug-likeness (QED) is 0.811. The van der Waals surface area contributed by atoms with Gasteiger partial charge in [-0.3, -0.25) is 0 Å². The van der Waals surface area contributed by atoms with Gasteiger partial charge in [0.25, 0.3) is 0 Å². The van der Waals surface area contributed by atoms with Crippen LogP contribution in [-0.4, -0.2) is 38.3 Å². The summed E-state index contributed by atoms with van der Waals surface area (Å²) in [6.45, 7) is 5.92.